The van der Waals surface area contributed by atoms with E-state index in [4.69, 9.17) is 0 Å². The summed E-state index contributed by atoms with van der Waals surface area (Å²) in [4.78, 5) is 11.9. The van der Waals surface area contributed by atoms with Gasteiger partial charge in [0, 0.05) is 23.7 Å². The highest BCUT2D eigenvalue weighted by Crippen LogP contribution is 2.28. The summed E-state index contributed by atoms with van der Waals surface area (Å²) in [5, 5.41) is 16.1. The van der Waals surface area contributed by atoms with Gasteiger partial charge in [0.05, 0.1) is 0 Å². The van der Waals surface area contributed by atoms with Gasteiger partial charge in [0.15, 0.2) is 0 Å². The van der Waals surface area contributed by atoms with E-state index in [1.807, 2.05) is 26.0 Å². The number of hydrogen-bond donors (Lipinski definition) is 3. The second kappa shape index (κ2) is 6.06. The van der Waals surface area contributed by atoms with Crippen molar-refractivity contribution in [3.63, 3.8) is 0 Å². The lowest BCUT2D eigenvalue weighted by atomic mass is 10.1. The Bertz CT molecular complexity index is 465. The van der Waals surface area contributed by atoms with Crippen LogP contribution in [0.3, 0.4) is 0 Å². The molecule has 1 aromatic rings. The Morgan fingerprint density at radius 2 is 2.26 bits per heavy atom. The fraction of sp³-hybridized carbons (Fsp3) is 0.533. The highest BCUT2D eigenvalue weighted by atomic mass is 16.3. The van der Waals surface area contributed by atoms with Crippen LogP contribution in [0.5, 0.6) is 5.75 Å². The van der Waals surface area contributed by atoms with Crippen molar-refractivity contribution in [1.82, 2.24) is 5.32 Å². The van der Waals surface area contributed by atoms with Crippen LogP contribution in [0.4, 0.5) is 5.69 Å². The Morgan fingerprint density at radius 3 is 2.95 bits per heavy atom. The molecule has 1 aliphatic rings. The molecule has 0 aliphatic carbocycles. The molecular weight excluding hydrogens is 240 g/mol. The third-order valence-corrected chi connectivity index (χ3v) is 3.79. The first-order valence-corrected chi connectivity index (χ1v) is 6.90. The van der Waals surface area contributed by atoms with Crippen molar-refractivity contribution in [1.29, 1.82) is 0 Å². The van der Waals surface area contributed by atoms with Crippen LogP contribution < -0.4 is 10.6 Å². The number of rotatable bonds is 4. The van der Waals surface area contributed by atoms with Crippen molar-refractivity contribution in [2.24, 2.45) is 0 Å². The summed E-state index contributed by atoms with van der Waals surface area (Å²) >= 11 is 0. The first-order valence-electron chi connectivity index (χ1n) is 6.90. The van der Waals surface area contributed by atoms with Gasteiger partial charge in [-0.05, 0) is 51.3 Å². The number of phenols is 1. The molecule has 1 fully saturated rings. The van der Waals surface area contributed by atoms with Crippen LogP contribution in [0, 0.1) is 13.8 Å². The molecule has 1 saturated heterocycles. The molecule has 4 heteroatoms. The largest absolute Gasteiger partial charge is 0.507 e. The topological polar surface area (TPSA) is 61.4 Å². The van der Waals surface area contributed by atoms with Crippen LogP contribution in [0.15, 0.2) is 12.1 Å². The number of aryl methyl sites for hydroxylation is 1. The fourth-order valence-electron chi connectivity index (χ4n) is 2.49. The molecule has 0 radical (unpaired) electrons. The molecule has 19 heavy (non-hydrogen) atoms. The number of phenolic OH excluding ortho intramolecular Hbond substituents is 1. The molecule has 1 heterocycles. The van der Waals surface area contributed by atoms with Gasteiger partial charge in [-0.25, -0.2) is 0 Å². The smallest absolute Gasteiger partial charge is 0.224 e. The predicted molar refractivity (Wildman–Crippen MR) is 76.5 cm³/mol. The summed E-state index contributed by atoms with van der Waals surface area (Å²) in [5.74, 6) is 0.273. The first-order chi connectivity index (χ1) is 9.08. The standard InChI is InChI=1S/C15H22N2O2/c1-10-5-7-13(11(2)15(10)19)17-14(18)8-6-12-4-3-9-16-12/h5,7,12,16,19H,3-4,6,8-9H2,1-2H3,(H,17,18). The molecule has 0 aromatic heterocycles. The van der Waals surface area contributed by atoms with Crippen molar-refractivity contribution in [3.8, 4) is 5.75 Å². The van der Waals surface area contributed by atoms with Gasteiger partial charge in [-0.3, -0.25) is 4.79 Å². The molecule has 1 unspecified atom stereocenters. The van der Waals surface area contributed by atoms with Gasteiger partial charge in [-0.2, -0.15) is 0 Å². The molecule has 0 bridgehead atoms. The lowest BCUT2D eigenvalue weighted by Gasteiger charge is -2.13. The van der Waals surface area contributed by atoms with E-state index in [1.165, 1.54) is 6.42 Å². The SMILES string of the molecule is Cc1ccc(NC(=O)CCC2CCCN2)c(C)c1O. The second-order valence-corrected chi connectivity index (χ2v) is 5.28. The average molecular weight is 262 g/mol. The molecule has 1 atom stereocenters. The molecule has 1 amide bonds. The zero-order chi connectivity index (χ0) is 13.8. The number of hydrogen-bond acceptors (Lipinski definition) is 3. The monoisotopic (exact) mass is 262 g/mol. The predicted octanol–water partition coefficient (Wildman–Crippen LogP) is 2.48. The third kappa shape index (κ3) is 3.47. The van der Waals surface area contributed by atoms with Crippen LogP contribution in [0.2, 0.25) is 0 Å². The summed E-state index contributed by atoms with van der Waals surface area (Å²) in [5.41, 5.74) is 2.26. The number of amides is 1. The first kappa shape index (κ1) is 13.9. The summed E-state index contributed by atoms with van der Waals surface area (Å²) in [7, 11) is 0. The number of carbonyl (C=O) groups is 1. The van der Waals surface area contributed by atoms with Crippen LogP contribution in [-0.4, -0.2) is 23.6 Å². The Kier molecular flexibility index (Phi) is 4.43. The molecule has 0 spiro atoms. The Balaban J connectivity index is 1.89. The minimum Gasteiger partial charge on any atom is -0.507 e. The van der Waals surface area contributed by atoms with Crippen LogP contribution in [-0.2, 0) is 4.79 Å². The Morgan fingerprint density at radius 1 is 1.47 bits per heavy atom. The summed E-state index contributed by atoms with van der Waals surface area (Å²) in [6.45, 7) is 4.73. The quantitative estimate of drug-likeness (QED) is 0.781. The van der Waals surface area contributed by atoms with E-state index in [1.54, 1.807) is 0 Å². The number of anilines is 1. The molecule has 0 saturated carbocycles. The minimum absolute atomic E-state index is 0.0139. The van der Waals surface area contributed by atoms with E-state index < -0.39 is 0 Å². The molecule has 3 N–H and O–H groups in total. The fourth-order valence-corrected chi connectivity index (χ4v) is 2.49. The van der Waals surface area contributed by atoms with Gasteiger partial charge >= 0.3 is 0 Å². The maximum absolute atomic E-state index is 11.9. The van der Waals surface area contributed by atoms with Crippen molar-refractivity contribution in [3.05, 3.63) is 23.3 Å². The van der Waals surface area contributed by atoms with Gasteiger partial charge in [-0.15, -0.1) is 0 Å². The van der Waals surface area contributed by atoms with Crippen LogP contribution >= 0.6 is 0 Å². The lowest BCUT2D eigenvalue weighted by molar-refractivity contribution is -0.116. The van der Waals surface area contributed by atoms with E-state index in [9.17, 15) is 9.90 Å². The highest BCUT2D eigenvalue weighted by Gasteiger charge is 2.16. The van der Waals surface area contributed by atoms with E-state index in [0.29, 0.717) is 18.2 Å². The van der Waals surface area contributed by atoms with Gasteiger partial charge in [0.2, 0.25) is 5.91 Å². The van der Waals surface area contributed by atoms with Gasteiger partial charge in [-0.1, -0.05) is 6.07 Å². The van der Waals surface area contributed by atoms with Gasteiger partial charge in [0.1, 0.15) is 5.75 Å². The maximum Gasteiger partial charge on any atom is 0.224 e. The highest BCUT2D eigenvalue weighted by molar-refractivity contribution is 5.92. The normalized spacial score (nSPS) is 18.5. The third-order valence-electron chi connectivity index (χ3n) is 3.79. The number of carbonyl (C=O) groups excluding carboxylic acids is 1. The van der Waals surface area contributed by atoms with Gasteiger partial charge < -0.3 is 15.7 Å². The van der Waals surface area contributed by atoms with Crippen LogP contribution in [0.1, 0.15) is 36.8 Å². The Labute approximate surface area is 114 Å². The zero-order valence-electron chi connectivity index (χ0n) is 11.6. The summed E-state index contributed by atoms with van der Waals surface area (Å²) < 4.78 is 0. The number of nitrogens with one attached hydrogen (secondary N) is 2. The number of aromatic hydroxyl groups is 1. The second-order valence-electron chi connectivity index (χ2n) is 5.28. The van der Waals surface area contributed by atoms with E-state index in [-0.39, 0.29) is 11.7 Å². The van der Waals surface area contributed by atoms with E-state index in [0.717, 1.165) is 30.5 Å². The minimum atomic E-state index is 0.0139. The van der Waals surface area contributed by atoms with E-state index >= 15 is 0 Å². The summed E-state index contributed by atoms with van der Waals surface area (Å²) in [6.07, 6.45) is 3.77. The molecule has 1 aromatic carbocycles. The van der Waals surface area contributed by atoms with Gasteiger partial charge in [0.25, 0.3) is 0 Å². The van der Waals surface area contributed by atoms with Crippen molar-refractivity contribution < 1.29 is 9.90 Å². The maximum atomic E-state index is 11.9. The average Bonchev–Trinajstić information content (AvgIpc) is 2.90. The zero-order valence-corrected chi connectivity index (χ0v) is 11.6. The molecule has 1 aliphatic heterocycles. The molecule has 2 rings (SSSR count). The van der Waals surface area contributed by atoms with Crippen molar-refractivity contribution in [2.75, 3.05) is 11.9 Å². The van der Waals surface area contributed by atoms with Crippen molar-refractivity contribution in [2.45, 2.75) is 45.6 Å². The molecular formula is C15H22N2O2. The summed E-state index contributed by atoms with van der Waals surface area (Å²) in [6, 6.07) is 4.14. The lowest BCUT2D eigenvalue weighted by Crippen LogP contribution is -2.23. The molecule has 104 valence electrons. The van der Waals surface area contributed by atoms with Crippen LogP contribution in [0.25, 0.3) is 0 Å². The Hall–Kier alpha value is -1.55. The van der Waals surface area contributed by atoms with E-state index in [2.05, 4.69) is 10.6 Å². The number of benzene rings is 1. The molecule has 4 nitrogen and oxygen atoms in total. The van der Waals surface area contributed by atoms with Crippen molar-refractivity contribution >= 4 is 11.6 Å².